The zero-order valence-electron chi connectivity index (χ0n) is 8.85. The molecule has 1 aliphatic rings. The van der Waals surface area contributed by atoms with Gasteiger partial charge < -0.3 is 9.63 Å². The Morgan fingerprint density at radius 3 is 3.13 bits per heavy atom. The van der Waals surface area contributed by atoms with Gasteiger partial charge in [0.05, 0.1) is 0 Å². The lowest BCUT2D eigenvalue weighted by molar-refractivity contribution is 0.151. The Balaban J connectivity index is 1.91. The number of aliphatic hydroxyl groups excluding tert-OH is 1. The quantitative estimate of drug-likeness (QED) is 0.855. The van der Waals surface area contributed by atoms with Gasteiger partial charge in [0.1, 0.15) is 6.10 Å². The Bertz CT molecular complexity index is 308. The molecular weight excluding hydrogens is 212 g/mol. The van der Waals surface area contributed by atoms with Gasteiger partial charge in [-0.05, 0) is 37.2 Å². The van der Waals surface area contributed by atoms with Crippen LogP contribution in [0.5, 0.6) is 0 Å². The van der Waals surface area contributed by atoms with Crippen molar-refractivity contribution in [2.24, 2.45) is 5.92 Å². The number of hydrogen-bond donors (Lipinski definition) is 1. The zero-order chi connectivity index (χ0) is 10.7. The molecule has 15 heavy (non-hydrogen) atoms. The molecular formula is C10H16N2O2S. The Kier molecular flexibility index (Phi) is 3.64. The van der Waals surface area contributed by atoms with Crippen molar-refractivity contribution in [2.75, 3.05) is 11.5 Å². The van der Waals surface area contributed by atoms with E-state index in [-0.39, 0.29) is 0 Å². The number of rotatable bonds is 3. The lowest BCUT2D eigenvalue weighted by Crippen LogP contribution is -2.13. The number of hydrogen-bond acceptors (Lipinski definition) is 5. The summed E-state index contributed by atoms with van der Waals surface area (Å²) >= 11 is 2.00. The molecule has 4 nitrogen and oxygen atoms in total. The molecule has 0 spiro atoms. The highest BCUT2D eigenvalue weighted by Gasteiger charge is 2.18. The van der Waals surface area contributed by atoms with Gasteiger partial charge in [-0.2, -0.15) is 16.7 Å². The van der Waals surface area contributed by atoms with Gasteiger partial charge in [0.25, 0.3) is 5.89 Å². The van der Waals surface area contributed by atoms with Crippen molar-refractivity contribution < 1.29 is 9.63 Å². The minimum atomic E-state index is -0.660. The third-order valence-electron chi connectivity index (χ3n) is 2.57. The van der Waals surface area contributed by atoms with Crippen molar-refractivity contribution in [3.8, 4) is 0 Å². The first-order valence-corrected chi connectivity index (χ1v) is 6.49. The van der Waals surface area contributed by atoms with Gasteiger partial charge in [-0.25, -0.2) is 0 Å². The molecule has 2 heterocycles. The van der Waals surface area contributed by atoms with Gasteiger partial charge in [0, 0.05) is 6.42 Å². The van der Waals surface area contributed by atoms with Crippen molar-refractivity contribution in [3.63, 3.8) is 0 Å². The number of aliphatic hydroxyl groups is 1. The Hall–Kier alpha value is -0.550. The van der Waals surface area contributed by atoms with Gasteiger partial charge >= 0.3 is 0 Å². The monoisotopic (exact) mass is 228 g/mol. The van der Waals surface area contributed by atoms with Crippen LogP contribution in [0.1, 0.15) is 37.6 Å². The topological polar surface area (TPSA) is 59.2 Å². The summed E-state index contributed by atoms with van der Waals surface area (Å²) in [6, 6.07) is 0. The smallest absolute Gasteiger partial charge is 0.255 e. The first-order valence-electron chi connectivity index (χ1n) is 5.34. The lowest BCUT2D eigenvalue weighted by atomic mass is 10.0. The maximum Gasteiger partial charge on any atom is 0.255 e. The molecule has 2 unspecified atom stereocenters. The average Bonchev–Trinajstić information content (AvgIpc) is 2.68. The molecule has 0 aliphatic carbocycles. The van der Waals surface area contributed by atoms with Gasteiger partial charge in [-0.15, -0.1) is 0 Å². The fourth-order valence-corrected chi connectivity index (χ4v) is 2.90. The summed E-state index contributed by atoms with van der Waals surface area (Å²) in [7, 11) is 0. The normalized spacial score (nSPS) is 24.0. The zero-order valence-corrected chi connectivity index (χ0v) is 9.66. The summed E-state index contributed by atoms with van der Waals surface area (Å²) in [6.45, 7) is 1.63. The minimum absolute atomic E-state index is 0.327. The summed E-state index contributed by atoms with van der Waals surface area (Å²) in [5.74, 6) is 4.20. The summed E-state index contributed by atoms with van der Waals surface area (Å²) < 4.78 is 4.95. The molecule has 1 aromatic rings. The predicted octanol–water partition coefficient (Wildman–Crippen LogP) is 1.81. The Morgan fingerprint density at radius 1 is 1.67 bits per heavy atom. The third kappa shape index (κ3) is 2.95. The highest BCUT2D eigenvalue weighted by Crippen LogP contribution is 2.25. The largest absolute Gasteiger partial charge is 0.384 e. The summed E-state index contributed by atoms with van der Waals surface area (Å²) in [5.41, 5.74) is 0. The number of aromatic nitrogens is 2. The molecule has 1 aromatic heterocycles. The molecule has 1 aliphatic heterocycles. The van der Waals surface area contributed by atoms with Crippen molar-refractivity contribution in [2.45, 2.75) is 32.3 Å². The third-order valence-corrected chi connectivity index (χ3v) is 3.85. The van der Waals surface area contributed by atoms with Crippen LogP contribution in [0.25, 0.3) is 0 Å². The van der Waals surface area contributed by atoms with Gasteiger partial charge in [-0.3, -0.25) is 0 Å². The molecule has 5 heteroatoms. The maximum absolute atomic E-state index is 9.24. The van der Waals surface area contributed by atoms with Crippen molar-refractivity contribution in [1.82, 2.24) is 10.1 Å². The minimum Gasteiger partial charge on any atom is -0.384 e. The van der Waals surface area contributed by atoms with Crippen molar-refractivity contribution >= 4 is 11.8 Å². The summed E-state index contributed by atoms with van der Waals surface area (Å²) in [5, 5.41) is 13.1. The van der Waals surface area contributed by atoms with Crippen LogP contribution in [0.2, 0.25) is 0 Å². The highest BCUT2D eigenvalue weighted by atomic mass is 32.2. The first kappa shape index (κ1) is 11.0. The van der Waals surface area contributed by atoms with Gasteiger partial charge in [0.2, 0.25) is 0 Å². The van der Waals surface area contributed by atoms with Crippen LogP contribution >= 0.6 is 11.8 Å². The van der Waals surface area contributed by atoms with E-state index in [0.29, 0.717) is 11.8 Å². The van der Waals surface area contributed by atoms with Crippen molar-refractivity contribution in [1.29, 1.82) is 0 Å². The molecule has 84 valence electrons. The van der Waals surface area contributed by atoms with E-state index in [1.54, 1.807) is 6.92 Å². The number of nitrogens with zero attached hydrogens (tertiary/aromatic N) is 2. The molecule has 0 saturated carbocycles. The van der Waals surface area contributed by atoms with E-state index in [1.165, 1.54) is 24.3 Å². The van der Waals surface area contributed by atoms with Crippen LogP contribution in [0.4, 0.5) is 0 Å². The predicted molar refractivity (Wildman–Crippen MR) is 58.7 cm³/mol. The number of thioether (sulfide) groups is 1. The SMILES string of the molecule is CC(O)c1nc(CC2CCCSC2)no1. The average molecular weight is 228 g/mol. The molecule has 0 amide bonds. The second-order valence-electron chi connectivity index (χ2n) is 4.01. The van der Waals surface area contributed by atoms with Crippen LogP contribution in [-0.2, 0) is 6.42 Å². The maximum atomic E-state index is 9.24. The lowest BCUT2D eigenvalue weighted by Gasteiger charge is -2.19. The van der Waals surface area contributed by atoms with E-state index in [9.17, 15) is 5.11 Å². The van der Waals surface area contributed by atoms with E-state index in [0.717, 1.165) is 12.2 Å². The molecule has 1 N–H and O–H groups in total. The first-order chi connectivity index (χ1) is 7.25. The molecule has 0 bridgehead atoms. The Labute approximate surface area is 93.4 Å². The molecule has 0 aromatic carbocycles. The Morgan fingerprint density at radius 2 is 2.53 bits per heavy atom. The van der Waals surface area contributed by atoms with Crippen LogP contribution in [-0.4, -0.2) is 26.8 Å². The van der Waals surface area contributed by atoms with Gasteiger partial charge in [0.15, 0.2) is 5.82 Å². The molecule has 0 radical (unpaired) electrons. The molecule has 1 fully saturated rings. The highest BCUT2D eigenvalue weighted by molar-refractivity contribution is 7.99. The van der Waals surface area contributed by atoms with Gasteiger partial charge in [-0.1, -0.05) is 5.16 Å². The van der Waals surface area contributed by atoms with E-state index in [4.69, 9.17) is 4.52 Å². The fourth-order valence-electron chi connectivity index (χ4n) is 1.75. The van der Waals surface area contributed by atoms with Crippen LogP contribution in [0.15, 0.2) is 4.52 Å². The van der Waals surface area contributed by atoms with E-state index >= 15 is 0 Å². The summed E-state index contributed by atoms with van der Waals surface area (Å²) in [4.78, 5) is 4.17. The second kappa shape index (κ2) is 4.99. The fraction of sp³-hybridized carbons (Fsp3) is 0.800. The van der Waals surface area contributed by atoms with E-state index in [2.05, 4.69) is 10.1 Å². The van der Waals surface area contributed by atoms with Crippen LogP contribution < -0.4 is 0 Å². The summed E-state index contributed by atoms with van der Waals surface area (Å²) in [6.07, 6.45) is 2.76. The molecule has 1 saturated heterocycles. The van der Waals surface area contributed by atoms with Crippen molar-refractivity contribution in [3.05, 3.63) is 11.7 Å². The van der Waals surface area contributed by atoms with E-state index < -0.39 is 6.10 Å². The second-order valence-corrected chi connectivity index (χ2v) is 5.16. The molecule has 2 atom stereocenters. The van der Waals surface area contributed by atoms with Crippen LogP contribution in [0, 0.1) is 5.92 Å². The standard InChI is InChI=1S/C10H16N2O2S/c1-7(13)10-11-9(12-14-10)5-8-3-2-4-15-6-8/h7-8,13H,2-6H2,1H3. The van der Waals surface area contributed by atoms with Crippen LogP contribution in [0.3, 0.4) is 0 Å². The van der Waals surface area contributed by atoms with E-state index in [1.807, 2.05) is 11.8 Å². The molecule has 2 rings (SSSR count).